The van der Waals surface area contributed by atoms with Crippen molar-refractivity contribution < 1.29 is 4.74 Å². The van der Waals surface area contributed by atoms with Crippen molar-refractivity contribution in [1.29, 1.82) is 0 Å². The predicted molar refractivity (Wildman–Crippen MR) is 73.4 cm³/mol. The Morgan fingerprint density at radius 1 is 1.28 bits per heavy atom. The minimum Gasteiger partial charge on any atom is -0.439 e. The number of nitrogens with two attached hydrogens (primary N) is 1. The van der Waals surface area contributed by atoms with E-state index < -0.39 is 0 Å². The smallest absolute Gasteiger partial charge is 0.219 e. The van der Waals surface area contributed by atoms with Gasteiger partial charge in [-0.3, -0.25) is 0 Å². The number of benzene rings is 1. The van der Waals surface area contributed by atoms with Crippen LogP contribution in [0.15, 0.2) is 30.5 Å². The number of ether oxygens (including phenoxy) is 1. The second-order valence-corrected chi connectivity index (χ2v) is 4.67. The normalized spacial score (nSPS) is 10.4. The van der Waals surface area contributed by atoms with E-state index in [0.717, 1.165) is 11.1 Å². The lowest BCUT2D eigenvalue weighted by atomic mass is 10.2. The second kappa shape index (κ2) is 5.57. The number of nitrogens with zero attached hydrogens (tertiary/aromatic N) is 1. The van der Waals surface area contributed by atoms with Crippen molar-refractivity contribution in [2.75, 3.05) is 0 Å². The van der Waals surface area contributed by atoms with Gasteiger partial charge in [-0.2, -0.15) is 0 Å². The molecule has 94 valence electrons. The van der Waals surface area contributed by atoms with Gasteiger partial charge in [0.2, 0.25) is 5.88 Å². The van der Waals surface area contributed by atoms with Crippen molar-refractivity contribution in [3.63, 3.8) is 0 Å². The molecule has 0 unspecified atom stereocenters. The van der Waals surface area contributed by atoms with Crippen molar-refractivity contribution in [2.45, 2.75) is 13.5 Å². The zero-order valence-electron chi connectivity index (χ0n) is 9.78. The first-order valence-electron chi connectivity index (χ1n) is 5.38. The van der Waals surface area contributed by atoms with Crippen molar-refractivity contribution in [2.24, 2.45) is 5.73 Å². The molecule has 0 aliphatic rings. The number of aromatic nitrogens is 1. The Labute approximate surface area is 115 Å². The Kier molecular flexibility index (Phi) is 4.07. The monoisotopic (exact) mass is 282 g/mol. The third-order valence-electron chi connectivity index (χ3n) is 2.48. The van der Waals surface area contributed by atoms with Crippen LogP contribution in [0.3, 0.4) is 0 Å². The maximum Gasteiger partial charge on any atom is 0.219 e. The van der Waals surface area contributed by atoms with Crippen LogP contribution < -0.4 is 10.5 Å². The van der Waals surface area contributed by atoms with Crippen molar-refractivity contribution >= 4 is 23.2 Å². The number of hydrogen-bond donors (Lipinski definition) is 1. The maximum absolute atomic E-state index is 5.94. The fourth-order valence-electron chi connectivity index (χ4n) is 1.51. The molecule has 0 amide bonds. The van der Waals surface area contributed by atoms with Crippen molar-refractivity contribution in [3.05, 3.63) is 51.6 Å². The van der Waals surface area contributed by atoms with Crippen LogP contribution in [0.5, 0.6) is 11.6 Å². The summed E-state index contributed by atoms with van der Waals surface area (Å²) < 4.78 is 5.68. The fourth-order valence-corrected chi connectivity index (χ4v) is 1.92. The highest BCUT2D eigenvalue weighted by atomic mass is 35.5. The molecule has 0 aliphatic heterocycles. The van der Waals surface area contributed by atoms with Gasteiger partial charge in [0.25, 0.3) is 0 Å². The Morgan fingerprint density at radius 2 is 2.06 bits per heavy atom. The van der Waals surface area contributed by atoms with Crippen LogP contribution in [0.25, 0.3) is 0 Å². The molecule has 0 atom stereocenters. The zero-order valence-corrected chi connectivity index (χ0v) is 11.3. The van der Waals surface area contributed by atoms with E-state index in [-0.39, 0.29) is 0 Å². The third-order valence-corrected chi connectivity index (χ3v) is 3.06. The molecule has 0 radical (unpaired) electrons. The summed E-state index contributed by atoms with van der Waals surface area (Å²) in [5.74, 6) is 1.17. The summed E-state index contributed by atoms with van der Waals surface area (Å²) in [6, 6.07) is 7.13. The molecule has 1 heterocycles. The van der Waals surface area contributed by atoms with Crippen LogP contribution in [0, 0.1) is 6.92 Å². The van der Waals surface area contributed by atoms with Gasteiger partial charge in [-0.15, -0.1) is 0 Å². The Morgan fingerprint density at radius 3 is 2.72 bits per heavy atom. The van der Waals surface area contributed by atoms with Gasteiger partial charge in [-0.25, -0.2) is 4.98 Å². The molecule has 0 saturated heterocycles. The summed E-state index contributed by atoms with van der Waals surface area (Å²) in [6.07, 6.45) is 1.53. The van der Waals surface area contributed by atoms with Crippen LogP contribution in [0.4, 0.5) is 0 Å². The summed E-state index contributed by atoms with van der Waals surface area (Å²) >= 11 is 11.8. The van der Waals surface area contributed by atoms with E-state index in [1.807, 2.05) is 13.0 Å². The van der Waals surface area contributed by atoms with Crippen LogP contribution in [0.2, 0.25) is 10.0 Å². The maximum atomic E-state index is 5.94. The number of aryl methyl sites for hydroxylation is 1. The first kappa shape index (κ1) is 13.1. The van der Waals surface area contributed by atoms with Gasteiger partial charge in [-0.1, -0.05) is 23.2 Å². The molecule has 3 nitrogen and oxygen atoms in total. The summed E-state index contributed by atoms with van der Waals surface area (Å²) in [7, 11) is 0. The third kappa shape index (κ3) is 2.93. The SMILES string of the molecule is Cc1cc(Cl)ccc1Oc1cc(CN)c(Cl)cn1. The molecular formula is C13H12Cl2N2O. The van der Waals surface area contributed by atoms with Crippen LogP contribution in [-0.4, -0.2) is 4.98 Å². The first-order valence-corrected chi connectivity index (χ1v) is 6.14. The molecule has 1 aromatic carbocycles. The molecule has 0 fully saturated rings. The molecule has 0 saturated carbocycles. The Balaban J connectivity index is 2.28. The molecule has 2 aromatic rings. The van der Waals surface area contributed by atoms with Gasteiger partial charge in [0.1, 0.15) is 5.75 Å². The summed E-state index contributed by atoms with van der Waals surface area (Å²) in [4.78, 5) is 4.10. The minimum absolute atomic E-state index is 0.345. The van der Waals surface area contributed by atoms with E-state index in [4.69, 9.17) is 33.7 Å². The van der Waals surface area contributed by atoms with Gasteiger partial charge in [-0.05, 0) is 36.2 Å². The number of hydrogen-bond acceptors (Lipinski definition) is 3. The molecule has 0 spiro atoms. The lowest BCUT2D eigenvalue weighted by molar-refractivity contribution is 0.459. The second-order valence-electron chi connectivity index (χ2n) is 3.83. The highest BCUT2D eigenvalue weighted by molar-refractivity contribution is 6.31. The lowest BCUT2D eigenvalue weighted by Gasteiger charge is -2.09. The average Bonchev–Trinajstić information content (AvgIpc) is 2.35. The van der Waals surface area contributed by atoms with E-state index >= 15 is 0 Å². The largest absolute Gasteiger partial charge is 0.439 e. The van der Waals surface area contributed by atoms with Crippen molar-refractivity contribution in [3.8, 4) is 11.6 Å². The highest BCUT2D eigenvalue weighted by Gasteiger charge is 2.06. The van der Waals surface area contributed by atoms with Crippen LogP contribution in [0.1, 0.15) is 11.1 Å². The number of pyridine rings is 1. The number of halogens is 2. The Bertz CT molecular complexity index is 573. The summed E-state index contributed by atoms with van der Waals surface area (Å²) in [5.41, 5.74) is 7.32. The summed E-state index contributed by atoms with van der Waals surface area (Å²) in [5, 5.41) is 1.21. The Hall–Kier alpha value is -1.29. The van der Waals surface area contributed by atoms with Gasteiger partial charge < -0.3 is 10.5 Å². The van der Waals surface area contributed by atoms with E-state index in [2.05, 4.69) is 4.98 Å². The quantitative estimate of drug-likeness (QED) is 0.927. The minimum atomic E-state index is 0.345. The van der Waals surface area contributed by atoms with E-state index in [0.29, 0.717) is 28.2 Å². The van der Waals surface area contributed by atoms with E-state index in [1.54, 1.807) is 18.2 Å². The standard InChI is InChI=1S/C13H12Cl2N2O/c1-8-4-10(14)2-3-12(8)18-13-5-9(6-16)11(15)7-17-13/h2-5,7H,6,16H2,1H3. The van der Waals surface area contributed by atoms with Gasteiger partial charge in [0.05, 0.1) is 5.02 Å². The fraction of sp³-hybridized carbons (Fsp3) is 0.154. The molecule has 2 rings (SSSR count). The molecule has 0 bridgehead atoms. The van der Waals surface area contributed by atoms with Crippen molar-refractivity contribution in [1.82, 2.24) is 4.98 Å². The molecule has 2 N–H and O–H groups in total. The molecular weight excluding hydrogens is 271 g/mol. The van der Waals surface area contributed by atoms with Crippen LogP contribution in [-0.2, 0) is 6.54 Å². The van der Waals surface area contributed by atoms with Gasteiger partial charge in [0.15, 0.2) is 0 Å². The first-order chi connectivity index (χ1) is 8.60. The average molecular weight is 283 g/mol. The molecule has 18 heavy (non-hydrogen) atoms. The summed E-state index contributed by atoms with van der Waals surface area (Å²) in [6.45, 7) is 2.26. The van der Waals surface area contributed by atoms with Gasteiger partial charge >= 0.3 is 0 Å². The molecule has 1 aromatic heterocycles. The van der Waals surface area contributed by atoms with E-state index in [1.165, 1.54) is 6.20 Å². The van der Waals surface area contributed by atoms with Gasteiger partial charge in [0, 0.05) is 23.8 Å². The molecule has 0 aliphatic carbocycles. The lowest BCUT2D eigenvalue weighted by Crippen LogP contribution is -1.99. The molecule has 5 heteroatoms. The predicted octanol–water partition coefficient (Wildman–Crippen LogP) is 3.95. The highest BCUT2D eigenvalue weighted by Crippen LogP contribution is 2.27. The number of rotatable bonds is 3. The van der Waals surface area contributed by atoms with Crippen LogP contribution >= 0.6 is 23.2 Å². The zero-order chi connectivity index (χ0) is 13.1. The van der Waals surface area contributed by atoms with E-state index in [9.17, 15) is 0 Å². The topological polar surface area (TPSA) is 48.1 Å².